The van der Waals surface area contributed by atoms with E-state index in [9.17, 15) is 14.7 Å². The molecule has 1 atom stereocenters. The summed E-state index contributed by atoms with van der Waals surface area (Å²) < 4.78 is 5.28. The molecule has 0 radical (unpaired) electrons. The van der Waals surface area contributed by atoms with Crippen LogP contribution >= 0.6 is 0 Å². The van der Waals surface area contributed by atoms with Gasteiger partial charge in [-0.1, -0.05) is 34.6 Å². The summed E-state index contributed by atoms with van der Waals surface area (Å²) in [6, 6.07) is 0. The van der Waals surface area contributed by atoms with Crippen LogP contribution in [-0.2, 0) is 14.3 Å². The maximum absolute atomic E-state index is 12.1. The molecule has 0 aromatic heterocycles. The molecule has 0 spiro atoms. The van der Waals surface area contributed by atoms with Crippen LogP contribution in [0, 0.1) is 10.8 Å². The molecule has 0 aliphatic carbocycles. The van der Waals surface area contributed by atoms with E-state index >= 15 is 0 Å². The lowest BCUT2D eigenvalue weighted by Gasteiger charge is -2.36. The predicted octanol–water partition coefficient (Wildman–Crippen LogP) is 2.86. The number of ether oxygens (including phenoxy) is 1. The minimum Gasteiger partial charge on any atom is -0.480 e. The van der Waals surface area contributed by atoms with Crippen LogP contribution in [0.1, 0.15) is 54.4 Å². The summed E-state index contributed by atoms with van der Waals surface area (Å²) in [5.41, 5.74) is -2.21. The number of hydrogen-bond acceptors (Lipinski definition) is 3. The third kappa shape index (κ3) is 3.20. The highest BCUT2D eigenvalue weighted by Crippen LogP contribution is 2.40. The number of hydrogen-bond donors (Lipinski definition) is 1. The minimum absolute atomic E-state index is 0.205. The Kier molecular flexibility index (Phi) is 5.17. The third-order valence-corrected chi connectivity index (χ3v) is 3.52. The summed E-state index contributed by atoms with van der Waals surface area (Å²) in [4.78, 5) is 23.4. The van der Waals surface area contributed by atoms with Crippen LogP contribution in [0.5, 0.6) is 0 Å². The van der Waals surface area contributed by atoms with Gasteiger partial charge in [-0.15, -0.1) is 0 Å². The Balaban J connectivity index is 5.11. The highest BCUT2D eigenvalue weighted by molar-refractivity contribution is 5.99. The molecule has 0 heterocycles. The molecule has 100 valence electrons. The van der Waals surface area contributed by atoms with Crippen LogP contribution in [0.2, 0.25) is 0 Å². The van der Waals surface area contributed by atoms with E-state index in [0.717, 1.165) is 0 Å². The first-order valence-corrected chi connectivity index (χ1v) is 6.05. The number of carboxylic acids is 1. The van der Waals surface area contributed by atoms with Crippen molar-refractivity contribution in [1.29, 1.82) is 0 Å². The molecule has 0 aromatic rings. The molecule has 4 heteroatoms. The lowest BCUT2D eigenvalue weighted by Crippen LogP contribution is -2.48. The second-order valence-electron chi connectivity index (χ2n) is 5.52. The maximum Gasteiger partial charge on any atom is 0.324 e. The second kappa shape index (κ2) is 5.52. The molecule has 1 unspecified atom stereocenters. The molecule has 17 heavy (non-hydrogen) atoms. The zero-order valence-corrected chi connectivity index (χ0v) is 11.7. The zero-order chi connectivity index (χ0) is 13.9. The Morgan fingerprint density at radius 1 is 1.12 bits per heavy atom. The van der Waals surface area contributed by atoms with Crippen LogP contribution in [0.25, 0.3) is 0 Å². The van der Waals surface area contributed by atoms with Crippen molar-refractivity contribution in [2.45, 2.75) is 60.5 Å². The molecule has 0 aliphatic heterocycles. The van der Waals surface area contributed by atoms with Gasteiger partial charge in [0.1, 0.15) is 6.10 Å². The van der Waals surface area contributed by atoms with Gasteiger partial charge in [-0.05, 0) is 25.2 Å². The van der Waals surface area contributed by atoms with Crippen molar-refractivity contribution < 1.29 is 19.4 Å². The van der Waals surface area contributed by atoms with Crippen molar-refractivity contribution in [1.82, 2.24) is 0 Å². The fourth-order valence-electron chi connectivity index (χ4n) is 1.44. The Labute approximate surface area is 103 Å². The van der Waals surface area contributed by atoms with Gasteiger partial charge >= 0.3 is 11.9 Å². The molecule has 0 amide bonds. The van der Waals surface area contributed by atoms with Gasteiger partial charge in [0, 0.05) is 0 Å². The number of carbonyl (C=O) groups is 2. The third-order valence-electron chi connectivity index (χ3n) is 3.52. The van der Waals surface area contributed by atoms with E-state index < -0.39 is 22.8 Å². The van der Waals surface area contributed by atoms with Gasteiger partial charge < -0.3 is 9.84 Å². The molecule has 4 nitrogen and oxygen atoms in total. The number of esters is 1. The van der Waals surface area contributed by atoms with Crippen molar-refractivity contribution in [2.24, 2.45) is 10.8 Å². The summed E-state index contributed by atoms with van der Waals surface area (Å²) in [6.07, 6.45) is 1.19. The molecule has 0 aromatic carbocycles. The van der Waals surface area contributed by atoms with Crippen LogP contribution in [0.3, 0.4) is 0 Å². The SMILES string of the molecule is CCC(CC)OC(=O)C(C)(C(=O)O)C(C)(C)C. The average molecular weight is 244 g/mol. The van der Waals surface area contributed by atoms with Gasteiger partial charge in [0.2, 0.25) is 0 Å². The molecule has 0 saturated heterocycles. The highest BCUT2D eigenvalue weighted by atomic mass is 16.5. The van der Waals surface area contributed by atoms with E-state index in [-0.39, 0.29) is 6.10 Å². The quantitative estimate of drug-likeness (QED) is 0.596. The van der Waals surface area contributed by atoms with Gasteiger partial charge in [-0.3, -0.25) is 9.59 Å². The van der Waals surface area contributed by atoms with Gasteiger partial charge in [0.05, 0.1) is 0 Å². The molecule has 0 fully saturated rings. The minimum atomic E-state index is -1.52. The molecule has 0 bridgehead atoms. The smallest absolute Gasteiger partial charge is 0.324 e. The average Bonchev–Trinajstić information content (AvgIpc) is 2.22. The van der Waals surface area contributed by atoms with Crippen molar-refractivity contribution >= 4 is 11.9 Å². The lowest BCUT2D eigenvalue weighted by molar-refractivity contribution is -0.179. The van der Waals surface area contributed by atoms with E-state index in [1.165, 1.54) is 6.92 Å². The van der Waals surface area contributed by atoms with Gasteiger partial charge in [0.15, 0.2) is 5.41 Å². The normalized spacial score (nSPS) is 15.5. The van der Waals surface area contributed by atoms with Crippen molar-refractivity contribution in [3.63, 3.8) is 0 Å². The largest absolute Gasteiger partial charge is 0.480 e. The van der Waals surface area contributed by atoms with E-state index in [4.69, 9.17) is 4.74 Å². The summed E-state index contributed by atoms with van der Waals surface area (Å²) in [7, 11) is 0. The molecule has 0 saturated carbocycles. The summed E-state index contributed by atoms with van der Waals surface area (Å²) in [5, 5.41) is 9.30. The molecule has 1 N–H and O–H groups in total. The number of carbonyl (C=O) groups excluding carboxylic acids is 1. The second-order valence-corrected chi connectivity index (χ2v) is 5.52. The first-order chi connectivity index (χ1) is 7.61. The van der Waals surface area contributed by atoms with Crippen molar-refractivity contribution in [3.8, 4) is 0 Å². The van der Waals surface area contributed by atoms with Crippen molar-refractivity contribution in [2.75, 3.05) is 0 Å². The van der Waals surface area contributed by atoms with E-state index in [1.807, 2.05) is 13.8 Å². The summed E-state index contributed by atoms with van der Waals surface area (Å²) in [5.74, 6) is -1.79. The van der Waals surface area contributed by atoms with Crippen LogP contribution in [0.4, 0.5) is 0 Å². The topological polar surface area (TPSA) is 63.6 Å². The standard InChI is InChI=1S/C13H24O4/c1-7-9(8-2)17-11(16)13(6,10(14)15)12(3,4)5/h9H,7-8H2,1-6H3,(H,14,15). The number of aliphatic carboxylic acids is 1. The Bertz CT molecular complexity index is 286. The number of carboxylic acid groups (broad SMARTS) is 1. The Morgan fingerprint density at radius 2 is 1.53 bits per heavy atom. The molecular weight excluding hydrogens is 220 g/mol. The molecule has 0 aliphatic rings. The highest BCUT2D eigenvalue weighted by Gasteiger charge is 2.52. The van der Waals surface area contributed by atoms with Crippen LogP contribution in [0.15, 0.2) is 0 Å². The van der Waals surface area contributed by atoms with E-state index in [1.54, 1.807) is 20.8 Å². The molecule has 0 rings (SSSR count). The first kappa shape index (κ1) is 15.9. The van der Waals surface area contributed by atoms with Crippen LogP contribution < -0.4 is 0 Å². The lowest BCUT2D eigenvalue weighted by atomic mass is 9.68. The predicted molar refractivity (Wildman–Crippen MR) is 65.7 cm³/mol. The fraction of sp³-hybridized carbons (Fsp3) is 0.846. The first-order valence-electron chi connectivity index (χ1n) is 6.05. The maximum atomic E-state index is 12.1. The molecular formula is C13H24O4. The van der Waals surface area contributed by atoms with Crippen LogP contribution in [-0.4, -0.2) is 23.1 Å². The van der Waals surface area contributed by atoms with Gasteiger partial charge in [-0.2, -0.15) is 0 Å². The van der Waals surface area contributed by atoms with E-state index in [2.05, 4.69) is 0 Å². The summed E-state index contributed by atoms with van der Waals surface area (Å²) >= 11 is 0. The van der Waals surface area contributed by atoms with Gasteiger partial charge in [-0.25, -0.2) is 0 Å². The van der Waals surface area contributed by atoms with Gasteiger partial charge in [0.25, 0.3) is 0 Å². The van der Waals surface area contributed by atoms with Crippen molar-refractivity contribution in [3.05, 3.63) is 0 Å². The zero-order valence-electron chi connectivity index (χ0n) is 11.7. The summed E-state index contributed by atoms with van der Waals surface area (Å²) in [6.45, 7) is 10.5. The Morgan fingerprint density at radius 3 is 1.76 bits per heavy atom. The Hall–Kier alpha value is -1.06. The monoisotopic (exact) mass is 244 g/mol. The number of rotatable bonds is 5. The van der Waals surface area contributed by atoms with E-state index in [0.29, 0.717) is 12.8 Å². The fourth-order valence-corrected chi connectivity index (χ4v) is 1.44.